The minimum Gasteiger partial charge on any atom is -0.399 e. The van der Waals surface area contributed by atoms with Crippen molar-refractivity contribution in [3.05, 3.63) is 29.1 Å². The molecule has 20 heavy (non-hydrogen) atoms. The monoisotopic (exact) mass is 289 g/mol. The van der Waals surface area contributed by atoms with Crippen LogP contribution in [0, 0.1) is 0 Å². The van der Waals surface area contributed by atoms with Crippen molar-refractivity contribution in [2.75, 3.05) is 19.3 Å². The average molecular weight is 289 g/mol. The topological polar surface area (TPSA) is 75.4 Å². The number of carbonyl (C=O) groups excluding carboxylic acids is 2. The number of likely N-dealkylation sites (N-methyl/N-ethyl adjacent to an activating group) is 1. The van der Waals surface area contributed by atoms with Gasteiger partial charge in [0.05, 0.1) is 4.88 Å². The molecule has 5 nitrogen and oxygen atoms in total. The Labute approximate surface area is 120 Å². The lowest BCUT2D eigenvalue weighted by Gasteiger charge is -2.11. The fourth-order valence-corrected chi connectivity index (χ4v) is 3.31. The van der Waals surface area contributed by atoms with E-state index in [9.17, 15) is 9.59 Å². The lowest BCUT2D eigenvalue weighted by Crippen LogP contribution is -2.40. The number of nitrogens with two attached hydrogens (primary N) is 1. The first-order valence-corrected chi connectivity index (χ1v) is 7.21. The summed E-state index contributed by atoms with van der Waals surface area (Å²) in [6.07, 6.45) is 0.666. The number of fused-ring (bicyclic) bond motifs is 1. The van der Waals surface area contributed by atoms with E-state index in [0.717, 1.165) is 10.1 Å². The summed E-state index contributed by atoms with van der Waals surface area (Å²) in [5.41, 5.74) is 6.40. The van der Waals surface area contributed by atoms with E-state index < -0.39 is 6.04 Å². The van der Waals surface area contributed by atoms with Gasteiger partial charge < -0.3 is 16.0 Å². The molecule has 2 heterocycles. The minimum atomic E-state index is -0.400. The maximum absolute atomic E-state index is 12.2. The van der Waals surface area contributed by atoms with Crippen LogP contribution in [0.15, 0.2) is 24.3 Å². The quantitative estimate of drug-likeness (QED) is 0.822. The summed E-state index contributed by atoms with van der Waals surface area (Å²) in [7, 11) is 1.75. The summed E-state index contributed by atoms with van der Waals surface area (Å²) >= 11 is 1.41. The second kappa shape index (κ2) is 4.79. The van der Waals surface area contributed by atoms with E-state index in [2.05, 4.69) is 5.32 Å². The van der Waals surface area contributed by atoms with Crippen molar-refractivity contribution in [3.63, 3.8) is 0 Å². The highest BCUT2D eigenvalue weighted by Gasteiger charge is 2.30. The van der Waals surface area contributed by atoms with Crippen LogP contribution in [0.3, 0.4) is 0 Å². The number of likely N-dealkylation sites (tertiary alicyclic amines) is 1. The number of anilines is 1. The molecule has 3 rings (SSSR count). The van der Waals surface area contributed by atoms with Gasteiger partial charge in [0.1, 0.15) is 6.04 Å². The molecule has 1 aliphatic heterocycles. The molecule has 1 aliphatic rings. The number of nitrogens with zero attached hydrogens (tertiary/aromatic N) is 1. The third-order valence-corrected chi connectivity index (χ3v) is 4.61. The van der Waals surface area contributed by atoms with Crippen molar-refractivity contribution < 1.29 is 9.59 Å². The van der Waals surface area contributed by atoms with Crippen molar-refractivity contribution in [3.8, 4) is 0 Å². The van der Waals surface area contributed by atoms with Crippen LogP contribution in [0.2, 0.25) is 0 Å². The van der Waals surface area contributed by atoms with E-state index in [4.69, 9.17) is 5.73 Å². The maximum Gasteiger partial charge on any atom is 0.262 e. The Kier molecular flexibility index (Phi) is 3.10. The van der Waals surface area contributed by atoms with Gasteiger partial charge in [-0.3, -0.25) is 9.59 Å². The molecule has 1 saturated heterocycles. The Hall–Kier alpha value is -2.08. The van der Waals surface area contributed by atoms with Gasteiger partial charge in [-0.25, -0.2) is 0 Å². The van der Waals surface area contributed by atoms with Gasteiger partial charge in [0.2, 0.25) is 5.91 Å². The number of hydrogen-bond donors (Lipinski definition) is 2. The zero-order valence-corrected chi connectivity index (χ0v) is 11.9. The molecule has 0 radical (unpaired) electrons. The van der Waals surface area contributed by atoms with E-state index in [1.54, 1.807) is 11.9 Å². The molecule has 1 aromatic heterocycles. The van der Waals surface area contributed by atoms with Crippen molar-refractivity contribution in [1.82, 2.24) is 10.2 Å². The van der Waals surface area contributed by atoms with E-state index in [0.29, 0.717) is 23.5 Å². The van der Waals surface area contributed by atoms with Crippen molar-refractivity contribution in [1.29, 1.82) is 0 Å². The van der Waals surface area contributed by atoms with E-state index >= 15 is 0 Å². The van der Waals surface area contributed by atoms with Crippen LogP contribution in [0.1, 0.15) is 16.1 Å². The van der Waals surface area contributed by atoms with Crippen molar-refractivity contribution >= 4 is 38.9 Å². The second-order valence-electron chi connectivity index (χ2n) is 4.98. The number of carbonyl (C=O) groups is 2. The van der Waals surface area contributed by atoms with Gasteiger partial charge in [-0.1, -0.05) is 0 Å². The SMILES string of the molecule is CN1CCC(NC(=O)c2cc3cc(N)ccc3s2)C1=O. The van der Waals surface area contributed by atoms with Gasteiger partial charge in [0.15, 0.2) is 0 Å². The summed E-state index contributed by atoms with van der Waals surface area (Å²) < 4.78 is 1.01. The van der Waals surface area contributed by atoms with Crippen LogP contribution in [0.5, 0.6) is 0 Å². The molecule has 3 N–H and O–H groups in total. The van der Waals surface area contributed by atoms with Crippen LogP contribution >= 0.6 is 11.3 Å². The third-order valence-electron chi connectivity index (χ3n) is 3.50. The van der Waals surface area contributed by atoms with Gasteiger partial charge in [0, 0.05) is 24.0 Å². The summed E-state index contributed by atoms with van der Waals surface area (Å²) in [5, 5.41) is 3.75. The molecular weight excluding hydrogens is 274 g/mol. The number of amides is 2. The molecule has 1 aromatic carbocycles. The molecule has 0 saturated carbocycles. The highest BCUT2D eigenvalue weighted by molar-refractivity contribution is 7.20. The van der Waals surface area contributed by atoms with Crippen LogP contribution < -0.4 is 11.1 Å². The standard InChI is InChI=1S/C14H15N3O2S/c1-17-5-4-10(14(17)19)16-13(18)12-7-8-6-9(15)2-3-11(8)20-12/h2-3,6-7,10H,4-5,15H2,1H3,(H,16,18). The smallest absolute Gasteiger partial charge is 0.262 e. The van der Waals surface area contributed by atoms with Gasteiger partial charge >= 0.3 is 0 Å². The van der Waals surface area contributed by atoms with E-state index in [1.165, 1.54) is 11.3 Å². The molecule has 2 amide bonds. The number of thiophene rings is 1. The fraction of sp³-hybridized carbons (Fsp3) is 0.286. The molecule has 1 fully saturated rings. The maximum atomic E-state index is 12.2. The van der Waals surface area contributed by atoms with E-state index in [1.807, 2.05) is 24.3 Å². The van der Waals surface area contributed by atoms with Crippen molar-refractivity contribution in [2.45, 2.75) is 12.5 Å². The number of hydrogen-bond acceptors (Lipinski definition) is 4. The van der Waals surface area contributed by atoms with Crippen LogP contribution in [-0.2, 0) is 4.79 Å². The fourth-order valence-electron chi connectivity index (χ4n) is 2.36. The molecule has 0 spiro atoms. The summed E-state index contributed by atoms with van der Waals surface area (Å²) in [6, 6.07) is 6.98. The number of nitrogen functional groups attached to an aromatic ring is 1. The lowest BCUT2D eigenvalue weighted by atomic mass is 10.2. The first-order valence-electron chi connectivity index (χ1n) is 6.39. The molecule has 6 heteroatoms. The highest BCUT2D eigenvalue weighted by atomic mass is 32.1. The largest absolute Gasteiger partial charge is 0.399 e. The van der Waals surface area contributed by atoms with Crippen LogP contribution in [0.4, 0.5) is 5.69 Å². The zero-order chi connectivity index (χ0) is 14.3. The highest BCUT2D eigenvalue weighted by Crippen LogP contribution is 2.27. The number of benzene rings is 1. The number of nitrogens with one attached hydrogen (secondary N) is 1. The van der Waals surface area contributed by atoms with Gasteiger partial charge in [-0.2, -0.15) is 0 Å². The first kappa shape index (κ1) is 12.9. The Bertz CT molecular complexity index is 695. The third kappa shape index (κ3) is 2.22. The molecule has 1 unspecified atom stereocenters. The molecule has 2 aromatic rings. The first-order chi connectivity index (χ1) is 9.54. The Balaban J connectivity index is 1.80. The predicted molar refractivity (Wildman–Crippen MR) is 79.7 cm³/mol. The van der Waals surface area contributed by atoms with E-state index in [-0.39, 0.29) is 11.8 Å². The predicted octanol–water partition coefficient (Wildman–Crippen LogP) is 1.44. The average Bonchev–Trinajstić information content (AvgIpc) is 2.96. The minimum absolute atomic E-state index is 0.0243. The molecule has 0 bridgehead atoms. The molecule has 104 valence electrons. The zero-order valence-electron chi connectivity index (χ0n) is 11.1. The summed E-state index contributed by atoms with van der Waals surface area (Å²) in [4.78, 5) is 26.2. The van der Waals surface area contributed by atoms with Crippen molar-refractivity contribution in [2.24, 2.45) is 0 Å². The molecule has 1 atom stereocenters. The van der Waals surface area contributed by atoms with Crippen LogP contribution in [-0.4, -0.2) is 36.3 Å². The van der Waals surface area contributed by atoms with Crippen LogP contribution in [0.25, 0.3) is 10.1 Å². The Morgan fingerprint density at radius 2 is 2.25 bits per heavy atom. The Morgan fingerprint density at radius 1 is 1.45 bits per heavy atom. The van der Waals surface area contributed by atoms with Gasteiger partial charge in [-0.05, 0) is 36.1 Å². The summed E-state index contributed by atoms with van der Waals surface area (Å²) in [5.74, 6) is -0.220. The van der Waals surface area contributed by atoms with Gasteiger partial charge in [0.25, 0.3) is 5.91 Å². The molecular formula is C14H15N3O2S. The second-order valence-corrected chi connectivity index (χ2v) is 6.07. The molecule has 0 aliphatic carbocycles. The number of rotatable bonds is 2. The summed E-state index contributed by atoms with van der Waals surface area (Å²) in [6.45, 7) is 0.687. The normalized spacial score (nSPS) is 18.8. The Morgan fingerprint density at radius 3 is 2.95 bits per heavy atom. The lowest BCUT2D eigenvalue weighted by molar-refractivity contribution is -0.128. The van der Waals surface area contributed by atoms with Gasteiger partial charge in [-0.15, -0.1) is 11.3 Å².